The molecule has 1 N–H and O–H groups in total. The standard InChI is InChI=1S/C9H14INO4/c1-14-8(12)5-7(11-4-3-10)6-9(13)15-2/h5,11H,3-4,6H2,1-2H3/b7-5-. The van der Waals surface area contributed by atoms with Crippen molar-refractivity contribution in [2.75, 3.05) is 25.2 Å². The third-order valence-corrected chi connectivity index (χ3v) is 2.04. The second-order valence-corrected chi connectivity index (χ2v) is 3.64. The van der Waals surface area contributed by atoms with E-state index in [4.69, 9.17) is 0 Å². The van der Waals surface area contributed by atoms with Gasteiger partial charge in [-0.3, -0.25) is 4.79 Å². The number of hydrogen-bond acceptors (Lipinski definition) is 5. The van der Waals surface area contributed by atoms with Gasteiger partial charge in [-0.25, -0.2) is 4.79 Å². The molecule has 0 bridgehead atoms. The van der Waals surface area contributed by atoms with Crippen molar-refractivity contribution < 1.29 is 19.1 Å². The molecule has 0 saturated carbocycles. The van der Waals surface area contributed by atoms with Gasteiger partial charge in [-0.1, -0.05) is 22.6 Å². The molecular weight excluding hydrogens is 313 g/mol. The average Bonchev–Trinajstić information content (AvgIpc) is 2.25. The molecule has 0 saturated heterocycles. The highest BCUT2D eigenvalue weighted by Crippen LogP contribution is 2.00. The van der Waals surface area contributed by atoms with Crippen LogP contribution in [-0.4, -0.2) is 37.1 Å². The molecule has 0 aliphatic carbocycles. The van der Waals surface area contributed by atoms with E-state index in [0.717, 1.165) is 4.43 Å². The van der Waals surface area contributed by atoms with Crippen molar-refractivity contribution in [3.63, 3.8) is 0 Å². The second kappa shape index (κ2) is 8.51. The van der Waals surface area contributed by atoms with Crippen LogP contribution in [0.4, 0.5) is 0 Å². The van der Waals surface area contributed by atoms with E-state index in [1.54, 1.807) is 0 Å². The number of hydrogen-bond donors (Lipinski definition) is 1. The molecule has 0 aromatic carbocycles. The highest BCUT2D eigenvalue weighted by molar-refractivity contribution is 14.1. The number of carbonyl (C=O) groups is 2. The Morgan fingerprint density at radius 3 is 2.47 bits per heavy atom. The first kappa shape index (κ1) is 14.2. The molecular formula is C9H14INO4. The summed E-state index contributed by atoms with van der Waals surface area (Å²) < 4.78 is 9.84. The lowest BCUT2D eigenvalue weighted by Crippen LogP contribution is -2.20. The van der Waals surface area contributed by atoms with Crippen LogP contribution in [0.3, 0.4) is 0 Å². The summed E-state index contributed by atoms with van der Waals surface area (Å²) in [6, 6.07) is 0. The largest absolute Gasteiger partial charge is 0.469 e. The summed E-state index contributed by atoms with van der Waals surface area (Å²) in [5, 5.41) is 2.95. The van der Waals surface area contributed by atoms with Crippen molar-refractivity contribution in [2.24, 2.45) is 0 Å². The Bertz CT molecular complexity index is 252. The number of alkyl halides is 1. The number of halogens is 1. The Morgan fingerprint density at radius 2 is 2.00 bits per heavy atom. The van der Waals surface area contributed by atoms with Crippen molar-refractivity contribution in [3.05, 3.63) is 11.8 Å². The maximum atomic E-state index is 11.0. The average molecular weight is 327 g/mol. The van der Waals surface area contributed by atoms with Gasteiger partial charge in [-0.05, 0) is 0 Å². The topological polar surface area (TPSA) is 64.6 Å². The van der Waals surface area contributed by atoms with E-state index in [-0.39, 0.29) is 6.42 Å². The van der Waals surface area contributed by atoms with E-state index in [1.807, 2.05) is 0 Å². The summed E-state index contributed by atoms with van der Waals surface area (Å²) in [4.78, 5) is 22.0. The van der Waals surface area contributed by atoms with Crippen LogP contribution < -0.4 is 5.32 Å². The molecule has 86 valence electrons. The van der Waals surface area contributed by atoms with E-state index >= 15 is 0 Å². The molecule has 15 heavy (non-hydrogen) atoms. The summed E-state index contributed by atoms with van der Waals surface area (Å²) in [7, 11) is 2.59. The van der Waals surface area contributed by atoms with Gasteiger partial charge in [-0.15, -0.1) is 0 Å². The number of ether oxygens (including phenoxy) is 2. The molecule has 0 radical (unpaired) electrons. The van der Waals surface area contributed by atoms with Gasteiger partial charge in [-0.2, -0.15) is 0 Å². The summed E-state index contributed by atoms with van der Waals surface area (Å²) >= 11 is 2.18. The maximum absolute atomic E-state index is 11.0. The Morgan fingerprint density at radius 1 is 1.33 bits per heavy atom. The maximum Gasteiger partial charge on any atom is 0.332 e. The molecule has 5 nitrogen and oxygen atoms in total. The van der Waals surface area contributed by atoms with Crippen LogP contribution in [0.15, 0.2) is 11.8 Å². The van der Waals surface area contributed by atoms with E-state index in [9.17, 15) is 9.59 Å². The lowest BCUT2D eigenvalue weighted by Gasteiger charge is -2.08. The SMILES string of the molecule is COC(=O)/C=C(/CC(=O)OC)NCCI. The molecule has 0 aromatic rings. The fourth-order valence-corrected chi connectivity index (χ4v) is 1.07. The zero-order chi connectivity index (χ0) is 11.7. The van der Waals surface area contributed by atoms with E-state index in [2.05, 4.69) is 37.4 Å². The zero-order valence-electron chi connectivity index (χ0n) is 8.71. The Kier molecular flexibility index (Phi) is 8.06. The third-order valence-electron chi connectivity index (χ3n) is 1.50. The van der Waals surface area contributed by atoms with Gasteiger partial charge in [0.1, 0.15) is 0 Å². The summed E-state index contributed by atoms with van der Waals surface area (Å²) in [5.41, 5.74) is 0.505. The normalized spacial score (nSPS) is 10.7. The minimum atomic E-state index is -0.491. The van der Waals surface area contributed by atoms with Crippen molar-refractivity contribution in [1.29, 1.82) is 0 Å². The van der Waals surface area contributed by atoms with Gasteiger partial charge in [0.2, 0.25) is 0 Å². The van der Waals surface area contributed by atoms with Crippen LogP contribution in [0.2, 0.25) is 0 Å². The molecule has 6 heteroatoms. The highest BCUT2D eigenvalue weighted by atomic mass is 127. The van der Waals surface area contributed by atoms with Gasteiger partial charge >= 0.3 is 11.9 Å². The van der Waals surface area contributed by atoms with Crippen LogP contribution >= 0.6 is 22.6 Å². The van der Waals surface area contributed by atoms with Crippen molar-refractivity contribution in [2.45, 2.75) is 6.42 Å². The van der Waals surface area contributed by atoms with Gasteiger partial charge < -0.3 is 14.8 Å². The van der Waals surface area contributed by atoms with Gasteiger partial charge in [0.15, 0.2) is 0 Å². The number of nitrogens with one attached hydrogen (secondary N) is 1. The predicted molar refractivity (Wildman–Crippen MR) is 63.6 cm³/mol. The minimum absolute atomic E-state index is 0.0439. The van der Waals surface area contributed by atoms with Gasteiger partial charge in [0, 0.05) is 22.7 Å². The quantitative estimate of drug-likeness (QED) is 0.336. The van der Waals surface area contributed by atoms with Crippen LogP contribution in [0.5, 0.6) is 0 Å². The van der Waals surface area contributed by atoms with Gasteiger partial charge in [0.05, 0.1) is 20.6 Å². The summed E-state index contributed by atoms with van der Waals surface area (Å²) in [6.07, 6.45) is 1.30. The molecule has 0 spiro atoms. The second-order valence-electron chi connectivity index (χ2n) is 2.56. The summed E-state index contributed by atoms with van der Waals surface area (Å²) in [6.45, 7) is 0.681. The van der Waals surface area contributed by atoms with Crippen molar-refractivity contribution in [3.8, 4) is 0 Å². The first-order valence-corrected chi connectivity index (χ1v) is 5.81. The first-order valence-electron chi connectivity index (χ1n) is 4.29. The number of rotatable bonds is 6. The Hall–Kier alpha value is -0.790. The lowest BCUT2D eigenvalue weighted by atomic mass is 10.3. The predicted octanol–water partition coefficient (Wildman–Crippen LogP) is 0.631. The molecule has 0 aromatic heterocycles. The van der Waals surface area contributed by atoms with Crippen LogP contribution in [0, 0.1) is 0 Å². The third kappa shape index (κ3) is 7.18. The molecule has 0 atom stereocenters. The lowest BCUT2D eigenvalue weighted by molar-refractivity contribution is -0.139. The zero-order valence-corrected chi connectivity index (χ0v) is 10.9. The van der Waals surface area contributed by atoms with Crippen molar-refractivity contribution in [1.82, 2.24) is 5.32 Å². The first-order chi connectivity index (χ1) is 7.13. The monoisotopic (exact) mass is 327 g/mol. The van der Waals surface area contributed by atoms with Crippen LogP contribution in [0.25, 0.3) is 0 Å². The van der Waals surface area contributed by atoms with Crippen LogP contribution in [-0.2, 0) is 19.1 Å². The Labute approximate surface area is 102 Å². The number of esters is 2. The molecule has 0 aliphatic rings. The molecule has 0 heterocycles. The molecule has 0 fully saturated rings. The fraction of sp³-hybridized carbons (Fsp3) is 0.556. The van der Waals surface area contributed by atoms with E-state index in [0.29, 0.717) is 12.2 Å². The number of carbonyl (C=O) groups excluding carboxylic acids is 2. The van der Waals surface area contributed by atoms with Gasteiger partial charge in [0.25, 0.3) is 0 Å². The minimum Gasteiger partial charge on any atom is -0.469 e. The number of methoxy groups -OCH3 is 2. The van der Waals surface area contributed by atoms with Crippen LogP contribution in [0.1, 0.15) is 6.42 Å². The molecule has 0 aliphatic heterocycles. The Balaban J connectivity index is 4.35. The molecule has 0 unspecified atom stereocenters. The summed E-state index contributed by atoms with van der Waals surface area (Å²) in [5.74, 6) is -0.888. The van der Waals surface area contributed by atoms with Crippen molar-refractivity contribution >= 4 is 34.5 Å². The smallest absolute Gasteiger partial charge is 0.332 e. The molecule has 0 amide bonds. The fourth-order valence-electron chi connectivity index (χ4n) is 0.801. The molecule has 0 rings (SSSR count). The highest BCUT2D eigenvalue weighted by Gasteiger charge is 2.07. The van der Waals surface area contributed by atoms with E-state index < -0.39 is 11.9 Å². The van der Waals surface area contributed by atoms with E-state index in [1.165, 1.54) is 20.3 Å².